The number of hydrogen-bond acceptors (Lipinski definition) is 6. The Morgan fingerprint density at radius 2 is 1.74 bits per heavy atom. The van der Waals surface area contributed by atoms with Crippen molar-refractivity contribution in [2.45, 2.75) is 25.3 Å². The van der Waals surface area contributed by atoms with Gasteiger partial charge in [-0.15, -0.1) is 0 Å². The SMILES string of the molecule is Cc1cc2cc(CN(CCO)S(=O)(=O)c3ccc4c(c3)OCCO4)c(=O)[nH]c2cc1C. The first kappa shape index (κ1) is 21.4. The van der Waals surface area contributed by atoms with Crippen LogP contribution < -0.4 is 15.0 Å². The lowest BCUT2D eigenvalue weighted by Crippen LogP contribution is -2.35. The molecular formula is C22H24N2O6S. The Kier molecular flexibility index (Phi) is 5.74. The Hall–Kier alpha value is -2.88. The number of sulfonamides is 1. The molecule has 0 aliphatic carbocycles. The number of aliphatic hydroxyl groups is 1. The second-order valence-corrected chi connectivity index (χ2v) is 9.45. The normalized spacial score (nSPS) is 13.7. The number of rotatable bonds is 6. The summed E-state index contributed by atoms with van der Waals surface area (Å²) in [5.74, 6) is 0.834. The average Bonchev–Trinajstić information content (AvgIpc) is 2.75. The monoisotopic (exact) mass is 444 g/mol. The predicted molar refractivity (Wildman–Crippen MR) is 116 cm³/mol. The molecule has 31 heavy (non-hydrogen) atoms. The van der Waals surface area contributed by atoms with Crippen LogP contribution in [-0.2, 0) is 16.6 Å². The van der Waals surface area contributed by atoms with Gasteiger partial charge in [0.1, 0.15) is 13.2 Å². The van der Waals surface area contributed by atoms with Gasteiger partial charge in [0.2, 0.25) is 10.0 Å². The van der Waals surface area contributed by atoms with Gasteiger partial charge in [-0.3, -0.25) is 4.79 Å². The molecule has 9 heteroatoms. The molecule has 0 atom stereocenters. The Labute approximate surface area is 180 Å². The van der Waals surface area contributed by atoms with Crippen LogP contribution >= 0.6 is 0 Å². The Morgan fingerprint density at radius 1 is 1.03 bits per heavy atom. The van der Waals surface area contributed by atoms with Crippen LogP contribution in [0.2, 0.25) is 0 Å². The summed E-state index contributed by atoms with van der Waals surface area (Å²) in [7, 11) is -3.99. The van der Waals surface area contributed by atoms with E-state index in [1.54, 1.807) is 12.1 Å². The number of hydrogen-bond donors (Lipinski definition) is 2. The lowest BCUT2D eigenvalue weighted by Gasteiger charge is -2.23. The van der Waals surface area contributed by atoms with E-state index in [1.807, 2.05) is 26.0 Å². The zero-order valence-electron chi connectivity index (χ0n) is 17.3. The summed E-state index contributed by atoms with van der Waals surface area (Å²) >= 11 is 0. The van der Waals surface area contributed by atoms with Gasteiger partial charge < -0.3 is 19.6 Å². The van der Waals surface area contributed by atoms with Crippen molar-refractivity contribution in [2.24, 2.45) is 0 Å². The van der Waals surface area contributed by atoms with Crippen LogP contribution in [0.25, 0.3) is 10.9 Å². The van der Waals surface area contributed by atoms with E-state index in [0.29, 0.717) is 35.8 Å². The molecule has 2 N–H and O–H groups in total. The minimum Gasteiger partial charge on any atom is -0.486 e. The number of pyridine rings is 1. The van der Waals surface area contributed by atoms with Crippen molar-refractivity contribution in [1.82, 2.24) is 9.29 Å². The van der Waals surface area contributed by atoms with Gasteiger partial charge in [0.05, 0.1) is 11.5 Å². The Bertz CT molecular complexity index is 1300. The highest BCUT2D eigenvalue weighted by molar-refractivity contribution is 7.89. The Morgan fingerprint density at radius 3 is 2.48 bits per heavy atom. The van der Waals surface area contributed by atoms with Gasteiger partial charge >= 0.3 is 0 Å². The standard InChI is InChI=1S/C22H24N2O6S/c1-14-9-16-11-17(22(26)23-19(16)10-15(14)2)13-24(5-6-25)31(27,28)18-3-4-20-21(12-18)30-8-7-29-20/h3-4,9-12,25H,5-8,13H2,1-2H3,(H,23,26). The van der Waals surface area contributed by atoms with Crippen molar-refractivity contribution in [2.75, 3.05) is 26.4 Å². The third-order valence-corrected chi connectivity index (χ3v) is 7.22. The molecule has 0 radical (unpaired) electrons. The molecule has 2 aromatic carbocycles. The first-order chi connectivity index (χ1) is 14.8. The highest BCUT2D eigenvalue weighted by Gasteiger charge is 2.27. The number of nitrogens with one attached hydrogen (secondary N) is 1. The average molecular weight is 445 g/mol. The minimum absolute atomic E-state index is 0.00823. The molecule has 1 aliphatic rings. The van der Waals surface area contributed by atoms with Crippen molar-refractivity contribution in [1.29, 1.82) is 0 Å². The molecule has 0 saturated carbocycles. The maximum atomic E-state index is 13.3. The van der Waals surface area contributed by atoms with E-state index in [-0.39, 0.29) is 30.2 Å². The number of fused-ring (bicyclic) bond motifs is 2. The fourth-order valence-corrected chi connectivity index (χ4v) is 4.98. The second-order valence-electron chi connectivity index (χ2n) is 7.52. The van der Waals surface area contributed by atoms with Gasteiger partial charge in [-0.2, -0.15) is 4.31 Å². The number of aliphatic hydroxyl groups excluding tert-OH is 1. The molecule has 3 aromatic rings. The minimum atomic E-state index is -3.99. The van der Waals surface area contributed by atoms with Crippen molar-refractivity contribution >= 4 is 20.9 Å². The maximum absolute atomic E-state index is 13.3. The van der Waals surface area contributed by atoms with Crippen LogP contribution in [-0.4, -0.2) is 49.2 Å². The zero-order chi connectivity index (χ0) is 22.2. The second kappa shape index (κ2) is 8.33. The summed E-state index contributed by atoms with van der Waals surface area (Å²) in [4.78, 5) is 15.5. The summed E-state index contributed by atoms with van der Waals surface area (Å²) in [6, 6.07) is 9.94. The van der Waals surface area contributed by atoms with Gasteiger partial charge in [-0.1, -0.05) is 0 Å². The molecule has 4 rings (SSSR count). The molecule has 0 bridgehead atoms. The van der Waals surface area contributed by atoms with Crippen LogP contribution in [0.4, 0.5) is 0 Å². The molecule has 8 nitrogen and oxygen atoms in total. The van der Waals surface area contributed by atoms with E-state index in [0.717, 1.165) is 20.8 Å². The molecule has 0 spiro atoms. The molecule has 1 aromatic heterocycles. The van der Waals surface area contributed by atoms with Gasteiger partial charge in [-0.05, 0) is 60.7 Å². The van der Waals surface area contributed by atoms with E-state index in [1.165, 1.54) is 12.1 Å². The molecule has 164 valence electrons. The largest absolute Gasteiger partial charge is 0.486 e. The predicted octanol–water partition coefficient (Wildman–Crippen LogP) is 2.10. The summed E-state index contributed by atoms with van der Waals surface area (Å²) < 4.78 is 38.6. The van der Waals surface area contributed by atoms with Crippen LogP contribution in [0.5, 0.6) is 11.5 Å². The molecule has 0 fully saturated rings. The van der Waals surface area contributed by atoms with E-state index >= 15 is 0 Å². The van der Waals surface area contributed by atoms with Crippen LogP contribution in [0.15, 0.2) is 46.1 Å². The lowest BCUT2D eigenvalue weighted by atomic mass is 10.1. The number of aryl methyl sites for hydroxylation is 2. The van der Waals surface area contributed by atoms with Crippen molar-refractivity contribution in [3.63, 3.8) is 0 Å². The number of benzene rings is 2. The fraction of sp³-hybridized carbons (Fsp3) is 0.318. The van der Waals surface area contributed by atoms with Crippen LogP contribution in [0.3, 0.4) is 0 Å². The van der Waals surface area contributed by atoms with Gasteiger partial charge in [-0.25, -0.2) is 8.42 Å². The summed E-state index contributed by atoms with van der Waals surface area (Å²) in [6.45, 7) is 3.97. The first-order valence-corrected chi connectivity index (χ1v) is 11.4. The molecule has 0 unspecified atom stereocenters. The zero-order valence-corrected chi connectivity index (χ0v) is 18.2. The van der Waals surface area contributed by atoms with E-state index in [2.05, 4.69) is 4.98 Å². The van der Waals surface area contributed by atoms with Gasteiger partial charge in [0.25, 0.3) is 5.56 Å². The lowest BCUT2D eigenvalue weighted by molar-refractivity contribution is 0.171. The highest BCUT2D eigenvalue weighted by atomic mass is 32.2. The number of aromatic amines is 1. The first-order valence-electron chi connectivity index (χ1n) is 9.93. The summed E-state index contributed by atoms with van der Waals surface area (Å²) in [5.41, 5.74) is 2.75. The van der Waals surface area contributed by atoms with Crippen LogP contribution in [0, 0.1) is 13.8 Å². The summed E-state index contributed by atoms with van der Waals surface area (Å²) in [6.07, 6.45) is 0. The maximum Gasteiger partial charge on any atom is 0.252 e. The van der Waals surface area contributed by atoms with Crippen molar-refractivity contribution < 1.29 is 23.0 Å². The van der Waals surface area contributed by atoms with Gasteiger partial charge in [0.15, 0.2) is 11.5 Å². The van der Waals surface area contributed by atoms with Crippen molar-refractivity contribution in [3.05, 3.63) is 63.4 Å². The van der Waals surface area contributed by atoms with E-state index in [9.17, 15) is 18.3 Å². The number of ether oxygens (including phenoxy) is 2. The molecule has 0 saturated heterocycles. The number of H-pyrrole nitrogens is 1. The van der Waals surface area contributed by atoms with Crippen molar-refractivity contribution in [3.8, 4) is 11.5 Å². The van der Waals surface area contributed by atoms with E-state index in [4.69, 9.17) is 9.47 Å². The Balaban J connectivity index is 1.71. The van der Waals surface area contributed by atoms with Crippen LogP contribution in [0.1, 0.15) is 16.7 Å². The molecule has 0 amide bonds. The third kappa shape index (κ3) is 4.16. The smallest absolute Gasteiger partial charge is 0.252 e. The molecular weight excluding hydrogens is 420 g/mol. The number of aromatic nitrogens is 1. The third-order valence-electron chi connectivity index (χ3n) is 5.38. The van der Waals surface area contributed by atoms with Gasteiger partial charge in [0, 0.05) is 30.2 Å². The molecule has 2 heterocycles. The quantitative estimate of drug-likeness (QED) is 0.603. The highest BCUT2D eigenvalue weighted by Crippen LogP contribution is 2.33. The molecule has 1 aliphatic heterocycles. The fourth-order valence-electron chi connectivity index (χ4n) is 3.56. The topological polar surface area (TPSA) is 109 Å². The van der Waals surface area contributed by atoms with E-state index < -0.39 is 10.0 Å². The number of nitrogens with zero attached hydrogens (tertiary/aromatic N) is 1. The summed E-state index contributed by atoms with van der Waals surface area (Å²) in [5, 5.41) is 10.3.